The molecule has 1 heterocycles. The van der Waals surface area contributed by atoms with E-state index in [1.807, 2.05) is 6.07 Å². The van der Waals surface area contributed by atoms with Gasteiger partial charge in [-0.25, -0.2) is 4.79 Å². The first-order valence-electron chi connectivity index (χ1n) is 3.32. The largest absolute Gasteiger partial charge is 0.465 e. The Kier molecular flexibility index (Phi) is 2.98. The van der Waals surface area contributed by atoms with Crippen LogP contribution in [0.1, 0.15) is 15.9 Å². The predicted molar refractivity (Wildman–Crippen MR) is 48.0 cm³/mol. The first kappa shape index (κ1) is 9.68. The van der Waals surface area contributed by atoms with Crippen molar-refractivity contribution in [2.45, 2.75) is 0 Å². The maximum absolute atomic E-state index is 11.2. The van der Waals surface area contributed by atoms with Crippen LogP contribution in [0.3, 0.4) is 0 Å². The Morgan fingerprint density at radius 2 is 2.38 bits per heavy atom. The van der Waals surface area contributed by atoms with Crippen molar-refractivity contribution in [3.63, 3.8) is 0 Å². The van der Waals surface area contributed by atoms with Crippen LogP contribution in [0.4, 0.5) is 0 Å². The summed E-state index contributed by atoms with van der Waals surface area (Å²) in [6.45, 7) is 0. The smallest absolute Gasteiger partial charge is 0.340 e. The van der Waals surface area contributed by atoms with E-state index in [1.54, 1.807) is 0 Å². The normalized spacial score (nSPS) is 9.00. The summed E-state index contributed by atoms with van der Waals surface area (Å²) in [5.74, 6) is -0.550. The fourth-order valence-corrected chi connectivity index (χ4v) is 1.32. The van der Waals surface area contributed by atoms with Crippen molar-refractivity contribution in [3.05, 3.63) is 28.0 Å². The zero-order valence-electron chi connectivity index (χ0n) is 6.74. The number of esters is 1. The minimum Gasteiger partial charge on any atom is -0.465 e. The molecule has 0 amide bonds. The monoisotopic (exact) mass is 240 g/mol. The second-order valence-electron chi connectivity index (χ2n) is 2.15. The molecule has 0 aliphatic rings. The molecule has 0 aliphatic carbocycles. The number of aromatic nitrogens is 1. The van der Waals surface area contributed by atoms with Gasteiger partial charge in [0.05, 0.1) is 22.7 Å². The SMILES string of the molecule is COC(=O)c1c(Br)cncc1C#N. The molecule has 5 heteroatoms. The van der Waals surface area contributed by atoms with Gasteiger partial charge in [0.2, 0.25) is 0 Å². The molecule has 1 aromatic heterocycles. The lowest BCUT2D eigenvalue weighted by molar-refractivity contribution is 0.0599. The summed E-state index contributed by atoms with van der Waals surface area (Å²) in [7, 11) is 1.26. The van der Waals surface area contributed by atoms with Crippen LogP contribution in [0.15, 0.2) is 16.9 Å². The summed E-state index contributed by atoms with van der Waals surface area (Å²) in [5, 5.41) is 8.67. The van der Waals surface area contributed by atoms with Crippen molar-refractivity contribution in [1.29, 1.82) is 5.26 Å². The molecule has 0 aliphatic heterocycles. The summed E-state index contributed by atoms with van der Waals surface area (Å²) in [6.07, 6.45) is 2.75. The van der Waals surface area contributed by atoms with Gasteiger partial charge in [-0.2, -0.15) is 5.26 Å². The molecule has 0 aromatic carbocycles. The molecule has 0 saturated carbocycles. The molecule has 13 heavy (non-hydrogen) atoms. The van der Waals surface area contributed by atoms with Gasteiger partial charge in [0.15, 0.2) is 0 Å². The van der Waals surface area contributed by atoms with Crippen molar-refractivity contribution in [1.82, 2.24) is 4.98 Å². The van der Waals surface area contributed by atoms with Crippen LogP contribution in [-0.2, 0) is 4.74 Å². The van der Waals surface area contributed by atoms with Crippen LogP contribution < -0.4 is 0 Å². The van der Waals surface area contributed by atoms with E-state index in [9.17, 15) is 4.79 Å². The topological polar surface area (TPSA) is 63.0 Å². The number of nitrogens with zero attached hydrogens (tertiary/aromatic N) is 2. The third-order valence-corrected chi connectivity index (χ3v) is 2.01. The van der Waals surface area contributed by atoms with E-state index < -0.39 is 5.97 Å². The average Bonchev–Trinajstić information content (AvgIpc) is 2.16. The Morgan fingerprint density at radius 1 is 1.69 bits per heavy atom. The summed E-state index contributed by atoms with van der Waals surface area (Å²) in [5.41, 5.74) is 0.404. The molecule has 1 aromatic rings. The first-order valence-corrected chi connectivity index (χ1v) is 4.12. The molecule has 0 saturated heterocycles. The molecular formula is C8H5BrN2O2. The van der Waals surface area contributed by atoms with E-state index in [1.165, 1.54) is 19.5 Å². The van der Waals surface area contributed by atoms with E-state index in [2.05, 4.69) is 25.7 Å². The fourth-order valence-electron chi connectivity index (χ4n) is 0.829. The van der Waals surface area contributed by atoms with Gasteiger partial charge >= 0.3 is 5.97 Å². The van der Waals surface area contributed by atoms with Gasteiger partial charge in [-0.1, -0.05) is 0 Å². The van der Waals surface area contributed by atoms with Crippen LogP contribution in [0.5, 0.6) is 0 Å². The van der Waals surface area contributed by atoms with Crippen LogP contribution in [0.2, 0.25) is 0 Å². The summed E-state index contributed by atoms with van der Waals surface area (Å²) < 4.78 is 4.97. The van der Waals surface area contributed by atoms with Gasteiger partial charge in [0, 0.05) is 12.4 Å². The zero-order chi connectivity index (χ0) is 9.84. The minimum absolute atomic E-state index is 0.196. The van der Waals surface area contributed by atoms with Crippen molar-refractivity contribution < 1.29 is 9.53 Å². The second-order valence-corrected chi connectivity index (χ2v) is 3.00. The van der Waals surface area contributed by atoms with Crippen LogP contribution >= 0.6 is 15.9 Å². The van der Waals surface area contributed by atoms with Gasteiger partial charge in [-0.05, 0) is 15.9 Å². The molecule has 1 rings (SSSR count). The molecule has 4 nitrogen and oxygen atoms in total. The standard InChI is InChI=1S/C8H5BrN2O2/c1-13-8(12)7-5(2-10)3-11-4-6(7)9/h3-4H,1H3. The molecule has 0 fully saturated rings. The maximum Gasteiger partial charge on any atom is 0.340 e. The van der Waals surface area contributed by atoms with E-state index in [0.29, 0.717) is 4.47 Å². The number of rotatable bonds is 1. The Bertz CT molecular complexity index is 384. The van der Waals surface area contributed by atoms with Gasteiger partial charge in [-0.3, -0.25) is 4.98 Å². The maximum atomic E-state index is 11.2. The lowest BCUT2D eigenvalue weighted by Crippen LogP contribution is -2.05. The van der Waals surface area contributed by atoms with E-state index in [4.69, 9.17) is 5.26 Å². The lowest BCUT2D eigenvalue weighted by atomic mass is 10.1. The highest BCUT2D eigenvalue weighted by Gasteiger charge is 2.15. The molecule has 0 radical (unpaired) electrons. The zero-order valence-corrected chi connectivity index (χ0v) is 8.33. The molecule has 0 bridgehead atoms. The molecule has 0 unspecified atom stereocenters. The number of carbonyl (C=O) groups excluding carboxylic acids is 1. The Morgan fingerprint density at radius 3 is 2.92 bits per heavy atom. The lowest BCUT2D eigenvalue weighted by Gasteiger charge is -2.02. The number of carbonyl (C=O) groups is 1. The fraction of sp³-hybridized carbons (Fsp3) is 0.125. The van der Waals surface area contributed by atoms with Crippen molar-refractivity contribution in [2.75, 3.05) is 7.11 Å². The summed E-state index contributed by atoms with van der Waals surface area (Å²) in [4.78, 5) is 14.9. The molecule has 0 spiro atoms. The van der Waals surface area contributed by atoms with E-state index in [0.717, 1.165) is 0 Å². The highest BCUT2D eigenvalue weighted by molar-refractivity contribution is 9.10. The quantitative estimate of drug-likeness (QED) is 0.699. The molecule has 0 N–H and O–H groups in total. The van der Waals surface area contributed by atoms with Gasteiger partial charge in [0.25, 0.3) is 0 Å². The van der Waals surface area contributed by atoms with Crippen LogP contribution in [0, 0.1) is 11.3 Å². The van der Waals surface area contributed by atoms with E-state index >= 15 is 0 Å². The first-order chi connectivity index (χ1) is 6.20. The number of ether oxygens (including phenoxy) is 1. The highest BCUT2D eigenvalue weighted by Crippen LogP contribution is 2.19. The number of halogens is 1. The van der Waals surface area contributed by atoms with Crippen molar-refractivity contribution in [2.24, 2.45) is 0 Å². The number of methoxy groups -OCH3 is 1. The second kappa shape index (κ2) is 4.01. The van der Waals surface area contributed by atoms with Crippen molar-refractivity contribution in [3.8, 4) is 6.07 Å². The van der Waals surface area contributed by atoms with Crippen LogP contribution in [-0.4, -0.2) is 18.1 Å². The Hall–Kier alpha value is -1.41. The highest BCUT2D eigenvalue weighted by atomic mass is 79.9. The van der Waals surface area contributed by atoms with Gasteiger partial charge in [-0.15, -0.1) is 0 Å². The Balaban J connectivity index is 3.33. The Labute approximate surface area is 83.3 Å². The summed E-state index contributed by atoms with van der Waals surface area (Å²) in [6, 6.07) is 1.86. The number of nitriles is 1. The average molecular weight is 241 g/mol. The number of hydrogen-bond acceptors (Lipinski definition) is 4. The van der Waals surface area contributed by atoms with Crippen LogP contribution in [0.25, 0.3) is 0 Å². The molecular weight excluding hydrogens is 236 g/mol. The van der Waals surface area contributed by atoms with Crippen molar-refractivity contribution >= 4 is 21.9 Å². The molecule has 0 atom stereocenters. The third kappa shape index (κ3) is 1.84. The summed E-state index contributed by atoms with van der Waals surface area (Å²) >= 11 is 3.11. The predicted octanol–water partition coefficient (Wildman–Crippen LogP) is 1.50. The third-order valence-electron chi connectivity index (χ3n) is 1.41. The van der Waals surface area contributed by atoms with E-state index in [-0.39, 0.29) is 11.1 Å². The number of pyridine rings is 1. The number of hydrogen-bond donors (Lipinski definition) is 0. The minimum atomic E-state index is -0.550. The van der Waals surface area contributed by atoms with Gasteiger partial charge < -0.3 is 4.74 Å². The molecule has 66 valence electrons. The van der Waals surface area contributed by atoms with Gasteiger partial charge in [0.1, 0.15) is 6.07 Å².